The molecule has 0 heterocycles. The van der Waals surface area contributed by atoms with Crippen molar-refractivity contribution >= 4 is 34.6 Å². The van der Waals surface area contributed by atoms with Crippen molar-refractivity contribution in [3.8, 4) is 0 Å². The minimum absolute atomic E-state index is 0.106. The lowest BCUT2D eigenvalue weighted by molar-refractivity contribution is -0.119. The van der Waals surface area contributed by atoms with Gasteiger partial charge < -0.3 is 11.1 Å². The standard InChI is InChI=1S/C17H19ClN4O/c1-11-15(18)7-4-8-16(11)20-10-17(23)22-21-12(2)13-5-3-6-14(19)9-13/h3-9,20H,10,19H2,1-2H3,(H,22,23)/b21-12-. The molecule has 0 aliphatic heterocycles. The Morgan fingerprint density at radius 3 is 2.74 bits per heavy atom. The van der Waals surface area contributed by atoms with Crippen LogP contribution in [0.1, 0.15) is 18.1 Å². The van der Waals surface area contributed by atoms with E-state index in [4.69, 9.17) is 17.3 Å². The summed E-state index contributed by atoms with van der Waals surface area (Å²) in [6.45, 7) is 3.81. The molecule has 0 saturated heterocycles. The Morgan fingerprint density at radius 2 is 2.00 bits per heavy atom. The van der Waals surface area contributed by atoms with E-state index in [9.17, 15) is 4.79 Å². The SMILES string of the molecule is C/C(=N/NC(=O)CNc1cccc(Cl)c1C)c1cccc(N)c1. The van der Waals surface area contributed by atoms with Crippen LogP contribution in [0, 0.1) is 6.92 Å². The van der Waals surface area contributed by atoms with Crippen LogP contribution in [-0.2, 0) is 4.79 Å². The zero-order valence-corrected chi connectivity index (χ0v) is 13.8. The van der Waals surface area contributed by atoms with Gasteiger partial charge >= 0.3 is 0 Å². The van der Waals surface area contributed by atoms with Crippen molar-refractivity contribution in [1.82, 2.24) is 5.43 Å². The van der Waals surface area contributed by atoms with Crippen molar-refractivity contribution in [2.45, 2.75) is 13.8 Å². The summed E-state index contributed by atoms with van der Waals surface area (Å²) in [7, 11) is 0. The molecule has 23 heavy (non-hydrogen) atoms. The maximum Gasteiger partial charge on any atom is 0.259 e. The second-order valence-corrected chi connectivity index (χ2v) is 5.53. The normalized spacial score (nSPS) is 11.2. The Kier molecular flexibility index (Phi) is 5.60. The zero-order chi connectivity index (χ0) is 16.8. The fourth-order valence-electron chi connectivity index (χ4n) is 1.99. The molecule has 1 amide bonds. The molecule has 0 spiro atoms. The first kappa shape index (κ1) is 16.8. The van der Waals surface area contributed by atoms with E-state index >= 15 is 0 Å². The van der Waals surface area contributed by atoms with Gasteiger partial charge in [0.15, 0.2) is 0 Å². The average molecular weight is 331 g/mol. The summed E-state index contributed by atoms with van der Waals surface area (Å²) >= 11 is 6.04. The summed E-state index contributed by atoms with van der Waals surface area (Å²) in [6.07, 6.45) is 0. The van der Waals surface area contributed by atoms with E-state index in [1.165, 1.54) is 0 Å². The number of nitrogens with zero attached hydrogens (tertiary/aromatic N) is 1. The smallest absolute Gasteiger partial charge is 0.259 e. The van der Waals surface area contributed by atoms with Crippen LogP contribution in [0.15, 0.2) is 47.6 Å². The molecule has 4 N–H and O–H groups in total. The number of hydrazone groups is 1. The van der Waals surface area contributed by atoms with Crippen LogP contribution in [0.25, 0.3) is 0 Å². The minimum Gasteiger partial charge on any atom is -0.399 e. The van der Waals surface area contributed by atoms with E-state index in [2.05, 4.69) is 15.8 Å². The third-order valence-electron chi connectivity index (χ3n) is 3.36. The summed E-state index contributed by atoms with van der Waals surface area (Å²) in [4.78, 5) is 11.9. The summed E-state index contributed by atoms with van der Waals surface area (Å²) in [5, 5.41) is 7.78. The molecule has 2 aromatic rings. The minimum atomic E-state index is -0.243. The van der Waals surface area contributed by atoms with Gasteiger partial charge in [-0.3, -0.25) is 4.79 Å². The monoisotopic (exact) mass is 330 g/mol. The maximum absolute atomic E-state index is 11.9. The molecule has 0 unspecified atom stereocenters. The van der Waals surface area contributed by atoms with E-state index in [1.807, 2.05) is 38.1 Å². The predicted molar refractivity (Wildman–Crippen MR) is 95.9 cm³/mol. The summed E-state index contributed by atoms with van der Waals surface area (Å²) < 4.78 is 0. The molecule has 0 aliphatic carbocycles. The molecule has 6 heteroatoms. The highest BCUT2D eigenvalue weighted by atomic mass is 35.5. The summed E-state index contributed by atoms with van der Waals surface area (Å²) in [5.41, 5.74) is 12.2. The largest absolute Gasteiger partial charge is 0.399 e. The van der Waals surface area contributed by atoms with Gasteiger partial charge in [-0.15, -0.1) is 0 Å². The van der Waals surface area contributed by atoms with Crippen LogP contribution < -0.4 is 16.5 Å². The molecule has 0 aromatic heterocycles. The van der Waals surface area contributed by atoms with Crippen molar-refractivity contribution in [2.24, 2.45) is 5.10 Å². The van der Waals surface area contributed by atoms with E-state index < -0.39 is 0 Å². The molecule has 2 aromatic carbocycles. The van der Waals surface area contributed by atoms with E-state index in [-0.39, 0.29) is 12.5 Å². The first-order valence-electron chi connectivity index (χ1n) is 7.15. The molecule has 5 nitrogen and oxygen atoms in total. The fourth-order valence-corrected chi connectivity index (χ4v) is 2.16. The van der Waals surface area contributed by atoms with Gasteiger partial charge in [-0.2, -0.15) is 5.10 Å². The van der Waals surface area contributed by atoms with Gasteiger partial charge in [0.2, 0.25) is 0 Å². The van der Waals surface area contributed by atoms with Gasteiger partial charge in [0.25, 0.3) is 5.91 Å². The second kappa shape index (κ2) is 7.65. The van der Waals surface area contributed by atoms with Crippen LogP contribution in [0.3, 0.4) is 0 Å². The number of rotatable bonds is 5. The van der Waals surface area contributed by atoms with Gasteiger partial charge in [0.05, 0.1) is 12.3 Å². The second-order valence-electron chi connectivity index (χ2n) is 5.12. The van der Waals surface area contributed by atoms with Crippen LogP contribution in [0.2, 0.25) is 5.02 Å². The van der Waals surface area contributed by atoms with Crippen molar-refractivity contribution < 1.29 is 4.79 Å². The molecule has 2 rings (SSSR count). The van der Waals surface area contributed by atoms with Crippen molar-refractivity contribution in [3.05, 3.63) is 58.6 Å². The Bertz CT molecular complexity index is 743. The van der Waals surface area contributed by atoms with Gasteiger partial charge in [0.1, 0.15) is 0 Å². The van der Waals surface area contributed by atoms with Crippen molar-refractivity contribution in [3.63, 3.8) is 0 Å². The third kappa shape index (κ3) is 4.72. The first-order chi connectivity index (χ1) is 11.0. The first-order valence-corrected chi connectivity index (χ1v) is 7.53. The van der Waals surface area contributed by atoms with Crippen molar-refractivity contribution in [2.75, 3.05) is 17.6 Å². The lowest BCUT2D eigenvalue weighted by Gasteiger charge is -2.10. The van der Waals surface area contributed by atoms with Crippen molar-refractivity contribution in [1.29, 1.82) is 0 Å². The van der Waals surface area contributed by atoms with Crippen LogP contribution in [0.4, 0.5) is 11.4 Å². The number of nitrogens with one attached hydrogen (secondary N) is 2. The Labute approximate surface area is 140 Å². The molecule has 120 valence electrons. The highest BCUT2D eigenvalue weighted by molar-refractivity contribution is 6.31. The van der Waals surface area contributed by atoms with Crippen LogP contribution in [-0.4, -0.2) is 18.2 Å². The van der Waals surface area contributed by atoms with Gasteiger partial charge in [-0.1, -0.05) is 29.8 Å². The molecule has 0 aliphatic rings. The van der Waals surface area contributed by atoms with Crippen LogP contribution >= 0.6 is 11.6 Å². The predicted octanol–water partition coefficient (Wildman–Crippen LogP) is 3.18. The number of carbonyl (C=O) groups is 1. The third-order valence-corrected chi connectivity index (χ3v) is 3.77. The number of carbonyl (C=O) groups excluding carboxylic acids is 1. The zero-order valence-electron chi connectivity index (χ0n) is 13.1. The molecule has 0 fully saturated rings. The fraction of sp³-hybridized carbons (Fsp3) is 0.176. The summed E-state index contributed by atoms with van der Waals surface area (Å²) in [6, 6.07) is 12.8. The topological polar surface area (TPSA) is 79.5 Å². The Balaban J connectivity index is 1.92. The molecule has 0 radical (unpaired) electrons. The number of halogens is 1. The van der Waals surface area contributed by atoms with E-state index in [0.717, 1.165) is 16.8 Å². The van der Waals surface area contributed by atoms with E-state index in [0.29, 0.717) is 16.4 Å². The Morgan fingerprint density at radius 1 is 1.26 bits per heavy atom. The molecule has 0 bridgehead atoms. The van der Waals surface area contributed by atoms with Crippen LogP contribution in [0.5, 0.6) is 0 Å². The number of benzene rings is 2. The molecule has 0 saturated carbocycles. The quantitative estimate of drug-likeness (QED) is 0.447. The molecule has 0 atom stereocenters. The number of nitrogen functional groups attached to an aromatic ring is 1. The molecular weight excluding hydrogens is 312 g/mol. The van der Waals surface area contributed by atoms with Gasteiger partial charge in [-0.05, 0) is 49.2 Å². The van der Waals surface area contributed by atoms with E-state index in [1.54, 1.807) is 18.2 Å². The highest BCUT2D eigenvalue weighted by Crippen LogP contribution is 2.22. The maximum atomic E-state index is 11.9. The lowest BCUT2D eigenvalue weighted by atomic mass is 10.1. The number of anilines is 2. The highest BCUT2D eigenvalue weighted by Gasteiger charge is 2.05. The average Bonchev–Trinajstić information content (AvgIpc) is 2.54. The molecular formula is C17H19ClN4O. The Hall–Kier alpha value is -2.53. The lowest BCUT2D eigenvalue weighted by Crippen LogP contribution is -2.27. The van der Waals surface area contributed by atoms with Gasteiger partial charge in [0, 0.05) is 16.4 Å². The number of hydrogen-bond donors (Lipinski definition) is 3. The number of hydrogen-bond acceptors (Lipinski definition) is 4. The number of nitrogens with two attached hydrogens (primary N) is 1. The summed E-state index contributed by atoms with van der Waals surface area (Å²) in [5.74, 6) is -0.243. The van der Waals surface area contributed by atoms with Gasteiger partial charge in [-0.25, -0.2) is 5.43 Å². The number of amides is 1.